The third-order valence-corrected chi connectivity index (χ3v) is 3.99. The fraction of sp³-hybridized carbons (Fsp3) is 0.611. The van der Waals surface area contributed by atoms with Crippen molar-refractivity contribution in [2.45, 2.75) is 39.7 Å². The lowest BCUT2D eigenvalue weighted by Gasteiger charge is -2.28. The largest absolute Gasteiger partial charge is 0.357 e. The predicted octanol–water partition coefficient (Wildman–Crippen LogP) is 2.40. The first-order chi connectivity index (χ1) is 10.8. The summed E-state index contributed by atoms with van der Waals surface area (Å²) in [6, 6.07) is 8.83. The van der Waals surface area contributed by atoms with Crippen LogP contribution in [0.5, 0.6) is 0 Å². The number of aliphatic imine (C=N–C) groups is 1. The minimum atomic E-state index is 0.887. The molecular formula is C18H30N4. The van der Waals surface area contributed by atoms with E-state index in [0.717, 1.165) is 51.5 Å². The number of nitrogens with one attached hydrogen (secondary N) is 2. The van der Waals surface area contributed by atoms with Crippen molar-refractivity contribution in [2.24, 2.45) is 4.99 Å². The summed E-state index contributed by atoms with van der Waals surface area (Å²) < 4.78 is 0. The Kier molecular flexibility index (Phi) is 7.23. The molecule has 2 N–H and O–H groups in total. The molecule has 1 aliphatic rings. The average molecular weight is 302 g/mol. The molecule has 0 fully saturated rings. The van der Waals surface area contributed by atoms with Crippen molar-refractivity contribution < 1.29 is 0 Å². The Labute approximate surface area is 135 Å². The molecule has 0 atom stereocenters. The third-order valence-electron chi connectivity index (χ3n) is 3.99. The molecule has 0 radical (unpaired) electrons. The summed E-state index contributed by atoms with van der Waals surface area (Å²) in [5.74, 6) is 0.952. The number of guanidine groups is 1. The van der Waals surface area contributed by atoms with Gasteiger partial charge < -0.3 is 10.6 Å². The first kappa shape index (κ1) is 16.8. The minimum absolute atomic E-state index is 0.887. The van der Waals surface area contributed by atoms with Gasteiger partial charge in [0.05, 0.1) is 0 Å². The molecule has 0 unspecified atom stereocenters. The number of hydrogen-bond acceptors (Lipinski definition) is 2. The molecule has 22 heavy (non-hydrogen) atoms. The van der Waals surface area contributed by atoms with E-state index in [4.69, 9.17) is 0 Å². The second-order valence-corrected chi connectivity index (χ2v) is 5.84. The molecule has 4 nitrogen and oxygen atoms in total. The third kappa shape index (κ3) is 5.34. The summed E-state index contributed by atoms with van der Waals surface area (Å²) >= 11 is 0. The first-order valence-electron chi connectivity index (χ1n) is 8.64. The fourth-order valence-corrected chi connectivity index (χ4v) is 2.82. The van der Waals surface area contributed by atoms with E-state index >= 15 is 0 Å². The highest BCUT2D eigenvalue weighted by Crippen LogP contribution is 2.18. The van der Waals surface area contributed by atoms with Gasteiger partial charge in [-0.25, -0.2) is 0 Å². The van der Waals surface area contributed by atoms with Gasteiger partial charge >= 0.3 is 0 Å². The van der Waals surface area contributed by atoms with E-state index in [2.05, 4.69) is 58.6 Å². The second kappa shape index (κ2) is 9.46. The second-order valence-electron chi connectivity index (χ2n) is 5.84. The molecule has 2 rings (SSSR count). The Morgan fingerprint density at radius 2 is 2.00 bits per heavy atom. The van der Waals surface area contributed by atoms with Gasteiger partial charge in [0.25, 0.3) is 0 Å². The van der Waals surface area contributed by atoms with Crippen LogP contribution in [0.25, 0.3) is 0 Å². The molecule has 1 aromatic carbocycles. The van der Waals surface area contributed by atoms with Crippen LogP contribution in [0.15, 0.2) is 29.3 Å². The van der Waals surface area contributed by atoms with Crippen molar-refractivity contribution in [2.75, 3.05) is 32.7 Å². The molecule has 0 aliphatic carbocycles. The Balaban J connectivity index is 1.69. The Morgan fingerprint density at radius 1 is 1.18 bits per heavy atom. The van der Waals surface area contributed by atoms with Gasteiger partial charge in [-0.3, -0.25) is 9.89 Å². The van der Waals surface area contributed by atoms with Crippen LogP contribution in [-0.4, -0.2) is 43.6 Å². The number of hydrogen-bond donors (Lipinski definition) is 2. The van der Waals surface area contributed by atoms with Gasteiger partial charge in [-0.1, -0.05) is 31.2 Å². The minimum Gasteiger partial charge on any atom is -0.357 e. The molecule has 122 valence electrons. The van der Waals surface area contributed by atoms with E-state index in [1.807, 2.05) is 0 Å². The van der Waals surface area contributed by atoms with Crippen molar-refractivity contribution in [3.8, 4) is 0 Å². The zero-order valence-corrected chi connectivity index (χ0v) is 14.1. The maximum atomic E-state index is 4.53. The van der Waals surface area contributed by atoms with Gasteiger partial charge in [-0.15, -0.1) is 0 Å². The van der Waals surface area contributed by atoms with Gasteiger partial charge in [0.2, 0.25) is 0 Å². The van der Waals surface area contributed by atoms with E-state index in [-0.39, 0.29) is 0 Å². The van der Waals surface area contributed by atoms with Crippen LogP contribution in [0.3, 0.4) is 0 Å². The van der Waals surface area contributed by atoms with E-state index in [1.54, 1.807) is 0 Å². The molecule has 1 aromatic rings. The normalized spacial score (nSPS) is 15.5. The molecule has 0 amide bonds. The Bertz CT molecular complexity index is 470. The van der Waals surface area contributed by atoms with Crippen molar-refractivity contribution in [1.82, 2.24) is 15.5 Å². The standard InChI is InChI=1S/C18H30N4/c1-3-11-20-18(19-4-2)21-12-7-13-22-14-10-16-8-5-6-9-17(16)15-22/h5-6,8-9H,3-4,7,10-15H2,1-2H3,(H2,19,20,21). The highest BCUT2D eigenvalue weighted by molar-refractivity contribution is 5.79. The zero-order valence-electron chi connectivity index (χ0n) is 14.1. The molecular weight excluding hydrogens is 272 g/mol. The van der Waals surface area contributed by atoms with Crippen molar-refractivity contribution in [1.29, 1.82) is 0 Å². The smallest absolute Gasteiger partial charge is 0.191 e. The summed E-state index contributed by atoms with van der Waals surface area (Å²) in [5, 5.41) is 6.72. The first-order valence-corrected chi connectivity index (χ1v) is 8.64. The predicted molar refractivity (Wildman–Crippen MR) is 94.3 cm³/mol. The topological polar surface area (TPSA) is 39.7 Å². The maximum absolute atomic E-state index is 4.53. The summed E-state index contributed by atoms with van der Waals surface area (Å²) in [5.41, 5.74) is 3.03. The van der Waals surface area contributed by atoms with Crippen LogP contribution < -0.4 is 10.6 Å². The van der Waals surface area contributed by atoms with Gasteiger partial charge in [-0.05, 0) is 37.3 Å². The van der Waals surface area contributed by atoms with Gasteiger partial charge in [0.15, 0.2) is 5.96 Å². The number of rotatable bonds is 7. The lowest BCUT2D eigenvalue weighted by atomic mass is 10.00. The zero-order chi connectivity index (χ0) is 15.6. The lowest BCUT2D eigenvalue weighted by Crippen LogP contribution is -2.39. The van der Waals surface area contributed by atoms with E-state index in [9.17, 15) is 0 Å². The van der Waals surface area contributed by atoms with Gasteiger partial charge in [0.1, 0.15) is 0 Å². The molecule has 0 saturated carbocycles. The molecule has 0 bridgehead atoms. The molecule has 0 spiro atoms. The molecule has 1 aliphatic heterocycles. The van der Waals surface area contributed by atoms with Crippen LogP contribution in [0.2, 0.25) is 0 Å². The monoisotopic (exact) mass is 302 g/mol. The SMILES string of the molecule is CCCN=C(NCC)NCCCN1CCc2ccccc2C1. The number of benzene rings is 1. The average Bonchev–Trinajstić information content (AvgIpc) is 2.56. The summed E-state index contributed by atoms with van der Waals surface area (Å²) in [6.07, 6.45) is 3.42. The highest BCUT2D eigenvalue weighted by atomic mass is 15.2. The molecule has 4 heteroatoms. The summed E-state index contributed by atoms with van der Waals surface area (Å²) in [6.45, 7) is 10.5. The van der Waals surface area contributed by atoms with Gasteiger partial charge in [-0.2, -0.15) is 0 Å². The van der Waals surface area contributed by atoms with E-state index in [1.165, 1.54) is 24.1 Å². The van der Waals surface area contributed by atoms with E-state index in [0.29, 0.717) is 0 Å². The van der Waals surface area contributed by atoms with Crippen LogP contribution in [-0.2, 0) is 13.0 Å². The van der Waals surface area contributed by atoms with Crippen molar-refractivity contribution in [3.05, 3.63) is 35.4 Å². The fourth-order valence-electron chi connectivity index (χ4n) is 2.82. The lowest BCUT2D eigenvalue weighted by molar-refractivity contribution is 0.251. The van der Waals surface area contributed by atoms with Crippen LogP contribution >= 0.6 is 0 Å². The van der Waals surface area contributed by atoms with Crippen LogP contribution in [0.4, 0.5) is 0 Å². The van der Waals surface area contributed by atoms with Crippen molar-refractivity contribution in [3.63, 3.8) is 0 Å². The van der Waals surface area contributed by atoms with Crippen LogP contribution in [0, 0.1) is 0 Å². The highest BCUT2D eigenvalue weighted by Gasteiger charge is 2.14. The number of fused-ring (bicyclic) bond motifs is 1. The number of nitrogens with zero attached hydrogens (tertiary/aromatic N) is 2. The van der Waals surface area contributed by atoms with Gasteiger partial charge in [0, 0.05) is 39.3 Å². The molecule has 0 aromatic heterocycles. The molecule has 1 heterocycles. The van der Waals surface area contributed by atoms with E-state index < -0.39 is 0 Å². The van der Waals surface area contributed by atoms with Crippen LogP contribution in [0.1, 0.15) is 37.8 Å². The maximum Gasteiger partial charge on any atom is 0.191 e. The molecule has 0 saturated heterocycles. The summed E-state index contributed by atoms with van der Waals surface area (Å²) in [4.78, 5) is 7.08. The Morgan fingerprint density at radius 3 is 2.77 bits per heavy atom. The Hall–Kier alpha value is -1.55. The quantitative estimate of drug-likeness (QED) is 0.461. The summed E-state index contributed by atoms with van der Waals surface area (Å²) in [7, 11) is 0. The van der Waals surface area contributed by atoms with Crippen molar-refractivity contribution >= 4 is 5.96 Å².